The van der Waals surface area contributed by atoms with Crippen LogP contribution in [0.2, 0.25) is 5.02 Å². The highest BCUT2D eigenvalue weighted by atomic mass is 35.5. The number of nitrogens with one attached hydrogen (secondary N) is 1. The molecule has 8 heteroatoms. The van der Waals surface area contributed by atoms with Gasteiger partial charge in [0.25, 0.3) is 11.5 Å². The Morgan fingerprint density at radius 1 is 1.04 bits per heavy atom. The Bertz CT molecular complexity index is 1080. The molecule has 0 radical (unpaired) electrons. The van der Waals surface area contributed by atoms with Crippen molar-refractivity contribution in [1.29, 1.82) is 0 Å². The van der Waals surface area contributed by atoms with Gasteiger partial charge in [0, 0.05) is 16.9 Å². The Kier molecular flexibility index (Phi) is 5.56. The van der Waals surface area contributed by atoms with E-state index in [4.69, 9.17) is 11.6 Å². The van der Waals surface area contributed by atoms with Crippen LogP contribution in [0.1, 0.15) is 21.5 Å². The van der Waals surface area contributed by atoms with Crippen molar-refractivity contribution in [3.05, 3.63) is 98.9 Å². The average Bonchev–Trinajstić information content (AvgIpc) is 2.64. The van der Waals surface area contributed by atoms with E-state index in [1.165, 1.54) is 35.0 Å². The Hall–Kier alpha value is -3.06. The van der Waals surface area contributed by atoms with Gasteiger partial charge in [-0.05, 0) is 42.0 Å². The molecule has 0 fully saturated rings. The topological polar surface area (TPSA) is 51.1 Å². The lowest BCUT2D eigenvalue weighted by molar-refractivity contribution is -0.137. The quantitative estimate of drug-likeness (QED) is 0.675. The number of hydrogen-bond acceptors (Lipinski definition) is 2. The molecule has 1 amide bonds. The molecule has 0 spiro atoms. The van der Waals surface area contributed by atoms with E-state index in [-0.39, 0.29) is 17.8 Å². The fourth-order valence-corrected chi connectivity index (χ4v) is 2.81. The fourth-order valence-electron chi connectivity index (χ4n) is 2.62. The lowest BCUT2D eigenvalue weighted by Crippen LogP contribution is -2.29. The largest absolute Gasteiger partial charge is 0.416 e. The van der Waals surface area contributed by atoms with Crippen LogP contribution in [0.15, 0.2) is 71.7 Å². The van der Waals surface area contributed by atoms with Crippen molar-refractivity contribution in [2.45, 2.75) is 12.7 Å². The standard InChI is InChI=1S/C20H14ClF3N2O2/c21-17-9-2-1-5-13(17)12-26-10-4-8-16(19(26)28)18(27)25-15-7-3-6-14(11-15)20(22,23)24/h1-11H,12H2,(H,25,27). The first kappa shape index (κ1) is 19.7. The normalized spacial score (nSPS) is 11.3. The number of amides is 1. The second-order valence-corrected chi connectivity index (χ2v) is 6.39. The van der Waals surface area contributed by atoms with Gasteiger partial charge in [-0.15, -0.1) is 0 Å². The minimum atomic E-state index is -4.53. The maximum Gasteiger partial charge on any atom is 0.416 e. The SMILES string of the molecule is O=C(Nc1cccc(C(F)(F)F)c1)c1cccn(Cc2ccccc2Cl)c1=O. The minimum Gasteiger partial charge on any atom is -0.322 e. The Morgan fingerprint density at radius 3 is 2.50 bits per heavy atom. The molecule has 28 heavy (non-hydrogen) atoms. The van der Waals surface area contributed by atoms with Crippen molar-refractivity contribution in [2.75, 3.05) is 5.32 Å². The Morgan fingerprint density at radius 2 is 1.79 bits per heavy atom. The van der Waals surface area contributed by atoms with E-state index < -0.39 is 23.2 Å². The highest BCUT2D eigenvalue weighted by molar-refractivity contribution is 6.31. The number of rotatable bonds is 4. The van der Waals surface area contributed by atoms with Crippen LogP contribution in [-0.2, 0) is 12.7 Å². The van der Waals surface area contributed by atoms with Crippen molar-refractivity contribution in [3.8, 4) is 0 Å². The molecular formula is C20H14ClF3N2O2. The number of pyridine rings is 1. The number of alkyl halides is 3. The smallest absolute Gasteiger partial charge is 0.322 e. The van der Waals surface area contributed by atoms with Crippen LogP contribution in [0.25, 0.3) is 0 Å². The zero-order chi connectivity index (χ0) is 20.3. The van der Waals surface area contributed by atoms with E-state index in [0.717, 1.165) is 12.1 Å². The van der Waals surface area contributed by atoms with Crippen LogP contribution in [0.4, 0.5) is 18.9 Å². The highest BCUT2D eigenvalue weighted by Crippen LogP contribution is 2.30. The maximum absolute atomic E-state index is 12.8. The molecule has 3 rings (SSSR count). The van der Waals surface area contributed by atoms with Gasteiger partial charge in [-0.25, -0.2) is 0 Å². The minimum absolute atomic E-state index is 0.0549. The van der Waals surface area contributed by atoms with E-state index in [1.807, 2.05) is 0 Å². The summed E-state index contributed by atoms with van der Waals surface area (Å²) in [6.45, 7) is 0.156. The van der Waals surface area contributed by atoms with Gasteiger partial charge in [-0.3, -0.25) is 9.59 Å². The number of carbonyl (C=O) groups is 1. The lowest BCUT2D eigenvalue weighted by Gasteiger charge is -2.11. The molecule has 1 heterocycles. The third-order valence-electron chi connectivity index (χ3n) is 4.01. The molecule has 144 valence electrons. The molecule has 3 aromatic rings. The van der Waals surface area contributed by atoms with Crippen molar-refractivity contribution in [1.82, 2.24) is 4.57 Å². The monoisotopic (exact) mass is 406 g/mol. The van der Waals surface area contributed by atoms with Gasteiger partial charge in [-0.1, -0.05) is 35.9 Å². The number of halogens is 4. The molecule has 2 aromatic carbocycles. The van der Waals surface area contributed by atoms with Crippen LogP contribution in [0.5, 0.6) is 0 Å². The molecule has 0 unspecified atom stereocenters. The van der Waals surface area contributed by atoms with Crippen LogP contribution in [0.3, 0.4) is 0 Å². The molecule has 1 aromatic heterocycles. The van der Waals surface area contributed by atoms with Crippen molar-refractivity contribution < 1.29 is 18.0 Å². The van der Waals surface area contributed by atoms with Gasteiger partial charge < -0.3 is 9.88 Å². The summed E-state index contributed by atoms with van der Waals surface area (Å²) < 4.78 is 39.7. The molecule has 0 aliphatic rings. The molecule has 0 atom stereocenters. The van der Waals surface area contributed by atoms with Crippen LogP contribution < -0.4 is 10.9 Å². The van der Waals surface area contributed by atoms with E-state index in [1.54, 1.807) is 24.3 Å². The predicted octanol–water partition coefficient (Wildman–Crippen LogP) is 4.82. The first-order valence-corrected chi connectivity index (χ1v) is 8.55. The van der Waals surface area contributed by atoms with Crippen molar-refractivity contribution in [2.24, 2.45) is 0 Å². The third kappa shape index (κ3) is 4.43. The molecule has 0 bridgehead atoms. The van der Waals surface area contributed by atoms with Crippen molar-refractivity contribution in [3.63, 3.8) is 0 Å². The predicted molar refractivity (Wildman–Crippen MR) is 101 cm³/mol. The molecule has 0 aliphatic carbocycles. The van der Waals surface area contributed by atoms with Gasteiger partial charge in [0.15, 0.2) is 0 Å². The highest BCUT2D eigenvalue weighted by Gasteiger charge is 2.30. The lowest BCUT2D eigenvalue weighted by atomic mass is 10.1. The second-order valence-electron chi connectivity index (χ2n) is 5.98. The van der Waals surface area contributed by atoms with Gasteiger partial charge in [-0.2, -0.15) is 13.2 Å². The molecule has 1 N–H and O–H groups in total. The number of aromatic nitrogens is 1. The molecule has 0 aliphatic heterocycles. The van der Waals surface area contributed by atoms with Gasteiger partial charge >= 0.3 is 6.18 Å². The van der Waals surface area contributed by atoms with E-state index in [2.05, 4.69) is 5.32 Å². The number of benzene rings is 2. The number of hydrogen-bond donors (Lipinski definition) is 1. The summed E-state index contributed by atoms with van der Waals surface area (Å²) in [6, 6.07) is 14.0. The number of carbonyl (C=O) groups excluding carboxylic acids is 1. The van der Waals surface area contributed by atoms with E-state index in [9.17, 15) is 22.8 Å². The molecule has 0 saturated heterocycles. The van der Waals surface area contributed by atoms with E-state index >= 15 is 0 Å². The summed E-state index contributed by atoms with van der Waals surface area (Å²) in [5.74, 6) is -0.794. The maximum atomic E-state index is 12.8. The average molecular weight is 407 g/mol. The van der Waals surface area contributed by atoms with Crippen LogP contribution in [0, 0.1) is 0 Å². The second kappa shape index (κ2) is 7.90. The third-order valence-corrected chi connectivity index (χ3v) is 4.38. The Labute approximate surface area is 163 Å². The van der Waals surface area contributed by atoms with Crippen molar-refractivity contribution >= 4 is 23.2 Å². The zero-order valence-corrected chi connectivity index (χ0v) is 15.1. The zero-order valence-electron chi connectivity index (χ0n) is 14.3. The van der Waals surface area contributed by atoms with Gasteiger partial charge in [0.2, 0.25) is 0 Å². The fraction of sp³-hybridized carbons (Fsp3) is 0.100. The summed E-state index contributed by atoms with van der Waals surface area (Å²) in [6.07, 6.45) is -3.03. The number of nitrogens with zero attached hydrogens (tertiary/aromatic N) is 1. The summed E-state index contributed by atoms with van der Waals surface area (Å²) in [5, 5.41) is 2.82. The van der Waals surface area contributed by atoms with Crippen LogP contribution in [-0.4, -0.2) is 10.5 Å². The number of anilines is 1. The summed E-state index contributed by atoms with van der Waals surface area (Å²) in [7, 11) is 0. The summed E-state index contributed by atoms with van der Waals surface area (Å²) >= 11 is 6.10. The molecule has 4 nitrogen and oxygen atoms in total. The van der Waals surface area contributed by atoms with Crippen LogP contribution >= 0.6 is 11.6 Å². The van der Waals surface area contributed by atoms with Gasteiger partial charge in [0.05, 0.1) is 12.1 Å². The molecule has 0 saturated carbocycles. The first-order valence-electron chi connectivity index (χ1n) is 8.17. The van der Waals surface area contributed by atoms with E-state index in [0.29, 0.717) is 10.6 Å². The van der Waals surface area contributed by atoms with Gasteiger partial charge in [0.1, 0.15) is 5.56 Å². The first-order chi connectivity index (χ1) is 13.3. The molecular weight excluding hydrogens is 393 g/mol. The Balaban J connectivity index is 1.85. The summed E-state index contributed by atoms with van der Waals surface area (Å²) in [5.41, 5.74) is -1.02. The summed E-state index contributed by atoms with van der Waals surface area (Å²) in [4.78, 5) is 25.1.